The minimum absolute atomic E-state index is 0.0186. The van der Waals surface area contributed by atoms with E-state index in [0.29, 0.717) is 18.0 Å². The molecule has 6 amide bonds. The van der Waals surface area contributed by atoms with Crippen molar-refractivity contribution in [2.75, 3.05) is 44.8 Å². The number of carbonyl (C=O) groups excluding carboxylic acids is 5. The fourth-order valence-electron chi connectivity index (χ4n) is 4.91. The molecule has 2 saturated heterocycles. The Kier molecular flexibility index (Phi) is 8.85. The van der Waals surface area contributed by atoms with E-state index >= 15 is 0 Å². The number of imide groups is 2. The van der Waals surface area contributed by atoms with E-state index in [2.05, 4.69) is 10.1 Å². The minimum atomic E-state index is -0.957. The second-order valence-corrected chi connectivity index (χ2v) is 11.9. The molecule has 236 valence electrons. The first-order valence-electron chi connectivity index (χ1n) is 14.4. The van der Waals surface area contributed by atoms with E-state index in [0.717, 1.165) is 22.6 Å². The molecule has 3 fully saturated rings. The maximum atomic E-state index is 13.7. The van der Waals surface area contributed by atoms with Gasteiger partial charge in [0.25, 0.3) is 0 Å². The lowest BCUT2D eigenvalue weighted by Gasteiger charge is -2.36. The maximum Gasteiger partial charge on any atom is 0.410 e. The van der Waals surface area contributed by atoms with E-state index in [9.17, 15) is 24.0 Å². The molecule has 1 aromatic carbocycles. The zero-order valence-corrected chi connectivity index (χ0v) is 25.2. The molecule has 15 heteroatoms. The van der Waals surface area contributed by atoms with Crippen LogP contribution in [0, 0.1) is 5.92 Å². The molecular formula is C29H36N6O9. The van der Waals surface area contributed by atoms with Crippen molar-refractivity contribution < 1.29 is 42.7 Å². The van der Waals surface area contributed by atoms with Crippen molar-refractivity contribution >= 4 is 35.5 Å². The number of hydrogen-bond acceptors (Lipinski definition) is 11. The fraction of sp³-hybridized carbons (Fsp3) is 0.552. The van der Waals surface area contributed by atoms with Crippen molar-refractivity contribution in [3.63, 3.8) is 0 Å². The number of aromatic nitrogens is 2. The summed E-state index contributed by atoms with van der Waals surface area (Å²) in [6.45, 7) is 6.09. The Bertz CT molecular complexity index is 1430. The van der Waals surface area contributed by atoms with E-state index in [1.165, 1.54) is 12.0 Å². The molecule has 5 rings (SSSR count). The van der Waals surface area contributed by atoms with Crippen LogP contribution in [0.25, 0.3) is 0 Å². The van der Waals surface area contributed by atoms with Crippen molar-refractivity contribution in [1.82, 2.24) is 24.8 Å². The van der Waals surface area contributed by atoms with Crippen LogP contribution in [0.2, 0.25) is 0 Å². The lowest BCUT2D eigenvalue weighted by atomic mass is 10.2. The first-order valence-corrected chi connectivity index (χ1v) is 14.4. The molecule has 1 saturated carbocycles. The number of para-hydroxylation sites is 2. The van der Waals surface area contributed by atoms with Crippen LogP contribution in [-0.4, -0.2) is 106 Å². The largest absolute Gasteiger partial charge is 0.495 e. The quantitative estimate of drug-likeness (QED) is 0.285. The van der Waals surface area contributed by atoms with Gasteiger partial charge in [0.2, 0.25) is 11.8 Å². The predicted octanol–water partition coefficient (Wildman–Crippen LogP) is 1.99. The van der Waals surface area contributed by atoms with Gasteiger partial charge in [-0.1, -0.05) is 17.3 Å². The molecule has 15 nitrogen and oxygen atoms in total. The number of anilines is 1. The van der Waals surface area contributed by atoms with Gasteiger partial charge in [-0.25, -0.2) is 14.5 Å². The first kappa shape index (κ1) is 30.9. The molecule has 0 spiro atoms. The van der Waals surface area contributed by atoms with Gasteiger partial charge in [0.15, 0.2) is 5.82 Å². The average Bonchev–Trinajstić information content (AvgIpc) is 3.67. The fourth-order valence-corrected chi connectivity index (χ4v) is 4.91. The SMILES string of the molecule is COc1ccccc1N(CC1CN(C(=O)OC(C)(C)C)CCO1)C(=O)Cc1noc(CN2C(=O)C(=O)N(CC3CC3)C2=O)n1. The van der Waals surface area contributed by atoms with Gasteiger partial charge in [0, 0.05) is 13.1 Å². The summed E-state index contributed by atoms with van der Waals surface area (Å²) in [6, 6.07) is 6.25. The lowest BCUT2D eigenvalue weighted by molar-refractivity contribution is -0.143. The number of ether oxygens (including phenoxy) is 3. The van der Waals surface area contributed by atoms with Crippen LogP contribution in [0.4, 0.5) is 15.3 Å². The molecular weight excluding hydrogens is 576 g/mol. The normalized spacial score (nSPS) is 19.0. The average molecular weight is 613 g/mol. The molecule has 2 aromatic rings. The maximum absolute atomic E-state index is 13.7. The Labute approximate surface area is 254 Å². The third-order valence-corrected chi connectivity index (χ3v) is 7.24. The highest BCUT2D eigenvalue weighted by Gasteiger charge is 2.46. The van der Waals surface area contributed by atoms with Gasteiger partial charge in [0.1, 0.15) is 17.9 Å². The van der Waals surface area contributed by atoms with Gasteiger partial charge < -0.3 is 28.5 Å². The van der Waals surface area contributed by atoms with Crippen LogP contribution in [-0.2, 0) is 36.8 Å². The summed E-state index contributed by atoms with van der Waals surface area (Å²) in [6.07, 6.45) is 0.528. The highest BCUT2D eigenvalue weighted by atomic mass is 16.6. The number of methoxy groups -OCH3 is 1. The van der Waals surface area contributed by atoms with E-state index in [1.807, 2.05) is 0 Å². The van der Waals surface area contributed by atoms with Crippen molar-refractivity contribution in [2.24, 2.45) is 5.92 Å². The van der Waals surface area contributed by atoms with E-state index in [-0.39, 0.29) is 50.3 Å². The third kappa shape index (κ3) is 7.15. The van der Waals surface area contributed by atoms with Gasteiger partial charge in [-0.2, -0.15) is 4.98 Å². The summed E-state index contributed by atoms with van der Waals surface area (Å²) < 4.78 is 22.2. The van der Waals surface area contributed by atoms with Crippen LogP contribution in [0.15, 0.2) is 28.8 Å². The Morgan fingerprint density at radius 3 is 2.52 bits per heavy atom. The Morgan fingerprint density at radius 2 is 1.82 bits per heavy atom. The molecule has 3 heterocycles. The Hall–Kier alpha value is -4.53. The summed E-state index contributed by atoms with van der Waals surface area (Å²) in [5.41, 5.74) is -0.182. The molecule has 0 radical (unpaired) electrons. The minimum Gasteiger partial charge on any atom is -0.495 e. The van der Waals surface area contributed by atoms with Crippen molar-refractivity contribution in [3.8, 4) is 5.75 Å². The Morgan fingerprint density at radius 1 is 1.09 bits per heavy atom. The number of hydrogen-bond donors (Lipinski definition) is 0. The molecule has 2 aliphatic heterocycles. The number of benzene rings is 1. The second kappa shape index (κ2) is 12.6. The molecule has 0 bridgehead atoms. The van der Waals surface area contributed by atoms with E-state index in [4.69, 9.17) is 18.7 Å². The molecule has 1 aromatic heterocycles. The first-order chi connectivity index (χ1) is 20.9. The number of nitrogens with zero attached hydrogens (tertiary/aromatic N) is 6. The van der Waals surface area contributed by atoms with Gasteiger partial charge in [-0.15, -0.1) is 0 Å². The van der Waals surface area contributed by atoms with Gasteiger partial charge in [0.05, 0.1) is 45.0 Å². The number of morpholine rings is 1. The van der Waals surface area contributed by atoms with Crippen molar-refractivity contribution in [1.29, 1.82) is 0 Å². The highest BCUT2D eigenvalue weighted by molar-refractivity contribution is 6.44. The summed E-state index contributed by atoms with van der Waals surface area (Å²) in [4.78, 5) is 72.9. The smallest absolute Gasteiger partial charge is 0.410 e. The predicted molar refractivity (Wildman–Crippen MR) is 151 cm³/mol. The van der Waals surface area contributed by atoms with Crippen molar-refractivity contribution in [2.45, 2.75) is 58.3 Å². The van der Waals surface area contributed by atoms with Gasteiger partial charge in [-0.3, -0.25) is 19.3 Å². The van der Waals surface area contributed by atoms with Crippen LogP contribution in [0.1, 0.15) is 45.3 Å². The van der Waals surface area contributed by atoms with E-state index < -0.39 is 48.1 Å². The highest BCUT2D eigenvalue weighted by Crippen LogP contribution is 2.32. The molecule has 1 unspecified atom stereocenters. The molecule has 1 aliphatic carbocycles. The van der Waals surface area contributed by atoms with Gasteiger partial charge in [-0.05, 0) is 51.7 Å². The molecule has 0 N–H and O–H groups in total. The number of carbonyl (C=O) groups is 5. The van der Waals surface area contributed by atoms with Crippen molar-refractivity contribution in [3.05, 3.63) is 36.0 Å². The van der Waals surface area contributed by atoms with Crippen LogP contribution < -0.4 is 9.64 Å². The number of rotatable bonds is 10. The third-order valence-electron chi connectivity index (χ3n) is 7.24. The summed E-state index contributed by atoms with van der Waals surface area (Å²) in [5, 5.41) is 3.87. The zero-order valence-electron chi connectivity index (χ0n) is 25.2. The topological polar surface area (TPSA) is 165 Å². The zero-order chi connectivity index (χ0) is 31.6. The monoisotopic (exact) mass is 612 g/mol. The Balaban J connectivity index is 1.28. The molecule has 44 heavy (non-hydrogen) atoms. The van der Waals surface area contributed by atoms with Crippen LogP contribution >= 0.6 is 0 Å². The standard InChI is InChI=1S/C29H36N6O9/c1-29(2,3)43-28(40)32-11-12-42-19(15-32)16-33(20-7-5-6-8-21(20)41-4)24(36)13-22-30-23(44-31-22)17-35-26(38)25(37)34(27(35)39)14-18-9-10-18/h5-8,18-19H,9-17H2,1-4H3. The second-order valence-electron chi connectivity index (χ2n) is 11.9. The van der Waals surface area contributed by atoms with Crippen LogP contribution in [0.3, 0.4) is 0 Å². The summed E-state index contributed by atoms with van der Waals surface area (Å²) >= 11 is 0. The van der Waals surface area contributed by atoms with Gasteiger partial charge >= 0.3 is 23.9 Å². The van der Waals surface area contributed by atoms with E-state index in [1.54, 1.807) is 49.9 Å². The lowest BCUT2D eigenvalue weighted by Crippen LogP contribution is -2.52. The molecule has 1 atom stereocenters. The summed E-state index contributed by atoms with van der Waals surface area (Å²) in [7, 11) is 1.49. The molecule has 3 aliphatic rings. The van der Waals surface area contributed by atoms with Crippen LogP contribution in [0.5, 0.6) is 5.75 Å². The number of amides is 6. The summed E-state index contributed by atoms with van der Waals surface area (Å²) in [5.74, 6) is -1.66. The number of urea groups is 1.